The normalized spacial score (nSPS) is 40.9. The van der Waals surface area contributed by atoms with Crippen LogP contribution in [-0.4, -0.2) is 12.6 Å². The zero-order chi connectivity index (χ0) is 5.61. The van der Waals surface area contributed by atoms with E-state index in [4.69, 9.17) is 0 Å². The molecular formula is C7H13N. The molecule has 8 heavy (non-hydrogen) atoms. The standard InChI is InChI=1S/C7H13N/c1-6-7(5-8-6)3-2-4-7/h6,8H,2-5H2,1H3. The van der Waals surface area contributed by atoms with Crippen LogP contribution in [0.3, 0.4) is 0 Å². The van der Waals surface area contributed by atoms with Gasteiger partial charge in [0, 0.05) is 12.6 Å². The summed E-state index contributed by atoms with van der Waals surface area (Å²) in [7, 11) is 0. The van der Waals surface area contributed by atoms with Gasteiger partial charge in [0.25, 0.3) is 0 Å². The molecule has 0 aromatic heterocycles. The molecular weight excluding hydrogens is 98.1 g/mol. The lowest BCUT2D eigenvalue weighted by Crippen LogP contribution is -2.64. The molecule has 2 fully saturated rings. The molecule has 0 amide bonds. The summed E-state index contributed by atoms with van der Waals surface area (Å²) in [4.78, 5) is 0. The van der Waals surface area contributed by atoms with Crippen LogP contribution in [0.25, 0.3) is 0 Å². The van der Waals surface area contributed by atoms with Crippen molar-refractivity contribution in [3.05, 3.63) is 0 Å². The summed E-state index contributed by atoms with van der Waals surface area (Å²) in [6, 6.07) is 0.830. The van der Waals surface area contributed by atoms with Crippen molar-refractivity contribution in [2.45, 2.75) is 32.2 Å². The van der Waals surface area contributed by atoms with Gasteiger partial charge in [-0.15, -0.1) is 0 Å². The zero-order valence-corrected chi connectivity index (χ0v) is 5.41. The maximum absolute atomic E-state index is 3.40. The predicted molar refractivity (Wildman–Crippen MR) is 33.7 cm³/mol. The fourth-order valence-electron chi connectivity index (χ4n) is 1.84. The molecule has 1 unspecified atom stereocenters. The Morgan fingerprint density at radius 2 is 2.25 bits per heavy atom. The third kappa shape index (κ3) is 0.368. The fourth-order valence-corrected chi connectivity index (χ4v) is 1.84. The number of hydrogen-bond acceptors (Lipinski definition) is 1. The first-order valence-electron chi connectivity index (χ1n) is 3.57. The van der Waals surface area contributed by atoms with Gasteiger partial charge in [0.1, 0.15) is 0 Å². The van der Waals surface area contributed by atoms with Crippen molar-refractivity contribution in [3.8, 4) is 0 Å². The largest absolute Gasteiger partial charge is 0.313 e. The van der Waals surface area contributed by atoms with Crippen LogP contribution in [-0.2, 0) is 0 Å². The first-order valence-corrected chi connectivity index (χ1v) is 3.57. The summed E-state index contributed by atoms with van der Waals surface area (Å²) < 4.78 is 0. The average Bonchev–Trinajstić information content (AvgIpc) is 1.58. The smallest absolute Gasteiger partial charge is 0.0108 e. The summed E-state index contributed by atoms with van der Waals surface area (Å²) in [6.07, 6.45) is 4.45. The summed E-state index contributed by atoms with van der Waals surface area (Å²) in [5.74, 6) is 0. The monoisotopic (exact) mass is 111 g/mol. The van der Waals surface area contributed by atoms with Crippen molar-refractivity contribution < 1.29 is 0 Å². The van der Waals surface area contributed by atoms with E-state index in [1.54, 1.807) is 0 Å². The van der Waals surface area contributed by atoms with Gasteiger partial charge >= 0.3 is 0 Å². The highest BCUT2D eigenvalue weighted by Gasteiger charge is 2.47. The molecule has 0 aromatic carbocycles. The van der Waals surface area contributed by atoms with E-state index >= 15 is 0 Å². The summed E-state index contributed by atoms with van der Waals surface area (Å²) in [5.41, 5.74) is 0.792. The summed E-state index contributed by atoms with van der Waals surface area (Å²) in [6.45, 7) is 3.61. The molecule has 1 spiro atoms. The van der Waals surface area contributed by atoms with Gasteiger partial charge in [0.15, 0.2) is 0 Å². The van der Waals surface area contributed by atoms with Gasteiger partial charge in [-0.2, -0.15) is 0 Å². The Kier molecular flexibility index (Phi) is 0.762. The number of nitrogens with one attached hydrogen (secondary N) is 1. The molecule has 1 heteroatoms. The Hall–Kier alpha value is -0.0400. The van der Waals surface area contributed by atoms with E-state index in [9.17, 15) is 0 Å². The van der Waals surface area contributed by atoms with E-state index < -0.39 is 0 Å². The van der Waals surface area contributed by atoms with Crippen LogP contribution in [0, 0.1) is 5.41 Å². The van der Waals surface area contributed by atoms with Crippen LogP contribution >= 0.6 is 0 Å². The topological polar surface area (TPSA) is 12.0 Å². The molecule has 1 heterocycles. The molecule has 2 aliphatic rings. The molecule has 1 N–H and O–H groups in total. The molecule has 1 aliphatic carbocycles. The van der Waals surface area contributed by atoms with Crippen LogP contribution in [0.1, 0.15) is 26.2 Å². The van der Waals surface area contributed by atoms with Gasteiger partial charge in [-0.3, -0.25) is 0 Å². The van der Waals surface area contributed by atoms with E-state index in [0.717, 1.165) is 11.5 Å². The number of rotatable bonds is 0. The third-order valence-corrected chi connectivity index (χ3v) is 3.03. The van der Waals surface area contributed by atoms with Crippen molar-refractivity contribution in [1.82, 2.24) is 5.32 Å². The van der Waals surface area contributed by atoms with E-state index in [2.05, 4.69) is 12.2 Å². The first kappa shape index (κ1) is 4.80. The van der Waals surface area contributed by atoms with Crippen LogP contribution in [0.4, 0.5) is 0 Å². The molecule has 0 bridgehead atoms. The highest BCUT2D eigenvalue weighted by molar-refractivity contribution is 5.04. The van der Waals surface area contributed by atoms with E-state index in [1.165, 1.54) is 25.8 Å². The molecule has 1 saturated carbocycles. The molecule has 1 nitrogen and oxygen atoms in total. The molecule has 1 aliphatic heterocycles. The van der Waals surface area contributed by atoms with Crippen molar-refractivity contribution in [2.24, 2.45) is 5.41 Å². The zero-order valence-electron chi connectivity index (χ0n) is 5.41. The van der Waals surface area contributed by atoms with E-state index in [0.29, 0.717) is 0 Å². The minimum atomic E-state index is 0.792. The van der Waals surface area contributed by atoms with Gasteiger partial charge in [-0.05, 0) is 25.2 Å². The maximum atomic E-state index is 3.40. The maximum Gasteiger partial charge on any atom is 0.0108 e. The Balaban J connectivity index is 2.03. The molecule has 46 valence electrons. The van der Waals surface area contributed by atoms with E-state index in [1.807, 2.05) is 0 Å². The lowest BCUT2D eigenvalue weighted by atomic mass is 9.60. The quantitative estimate of drug-likeness (QED) is 0.494. The van der Waals surface area contributed by atoms with Crippen LogP contribution in [0.15, 0.2) is 0 Å². The Morgan fingerprint density at radius 3 is 2.25 bits per heavy atom. The van der Waals surface area contributed by atoms with Crippen molar-refractivity contribution in [3.63, 3.8) is 0 Å². The lowest BCUT2D eigenvalue weighted by molar-refractivity contribution is 0.00559. The molecule has 0 aromatic rings. The van der Waals surface area contributed by atoms with Gasteiger partial charge < -0.3 is 5.32 Å². The predicted octanol–water partition coefficient (Wildman–Crippen LogP) is 1.15. The first-order chi connectivity index (χ1) is 3.83. The average molecular weight is 111 g/mol. The second-order valence-electron chi connectivity index (χ2n) is 3.32. The highest BCUT2D eigenvalue weighted by Crippen LogP contribution is 2.47. The Labute approximate surface area is 50.5 Å². The van der Waals surface area contributed by atoms with Gasteiger partial charge in [0.2, 0.25) is 0 Å². The Bertz CT molecular complexity index is 99.4. The second-order valence-corrected chi connectivity index (χ2v) is 3.32. The second kappa shape index (κ2) is 1.27. The Morgan fingerprint density at radius 1 is 1.50 bits per heavy atom. The van der Waals surface area contributed by atoms with Gasteiger partial charge in [-0.1, -0.05) is 6.42 Å². The van der Waals surface area contributed by atoms with Crippen molar-refractivity contribution in [1.29, 1.82) is 0 Å². The van der Waals surface area contributed by atoms with Crippen molar-refractivity contribution >= 4 is 0 Å². The minimum absolute atomic E-state index is 0.792. The molecule has 0 radical (unpaired) electrons. The minimum Gasteiger partial charge on any atom is -0.313 e. The van der Waals surface area contributed by atoms with Gasteiger partial charge in [0.05, 0.1) is 0 Å². The summed E-state index contributed by atoms with van der Waals surface area (Å²) in [5, 5.41) is 3.40. The van der Waals surface area contributed by atoms with Crippen LogP contribution in [0.5, 0.6) is 0 Å². The van der Waals surface area contributed by atoms with Gasteiger partial charge in [-0.25, -0.2) is 0 Å². The molecule has 1 atom stereocenters. The highest BCUT2D eigenvalue weighted by atomic mass is 15.0. The molecule has 1 saturated heterocycles. The van der Waals surface area contributed by atoms with Crippen LogP contribution in [0.2, 0.25) is 0 Å². The van der Waals surface area contributed by atoms with Crippen molar-refractivity contribution in [2.75, 3.05) is 6.54 Å². The SMILES string of the molecule is CC1NCC12CCC2. The summed E-state index contributed by atoms with van der Waals surface area (Å²) >= 11 is 0. The van der Waals surface area contributed by atoms with E-state index in [-0.39, 0.29) is 0 Å². The third-order valence-electron chi connectivity index (χ3n) is 3.03. The van der Waals surface area contributed by atoms with Crippen LogP contribution < -0.4 is 5.32 Å². The lowest BCUT2D eigenvalue weighted by Gasteiger charge is -2.55. The number of hydrogen-bond donors (Lipinski definition) is 1. The molecule has 2 rings (SSSR count). The fraction of sp³-hybridized carbons (Fsp3) is 1.00.